The molecule has 4 aromatic rings. The van der Waals surface area contributed by atoms with Gasteiger partial charge in [0.15, 0.2) is 0 Å². The van der Waals surface area contributed by atoms with Crippen molar-refractivity contribution in [2.45, 2.75) is 40.0 Å². The molecule has 1 N–H and O–H groups in total. The maximum atomic E-state index is 13.1. The highest BCUT2D eigenvalue weighted by Gasteiger charge is 2.21. The first-order valence-corrected chi connectivity index (χ1v) is 9.82. The van der Waals surface area contributed by atoms with E-state index in [4.69, 9.17) is 4.42 Å². The molecular formula is C23H25N5O2. The summed E-state index contributed by atoms with van der Waals surface area (Å²) in [6.45, 7) is 9.95. The number of nitrogens with one attached hydrogen (secondary N) is 1. The molecule has 154 valence electrons. The van der Waals surface area contributed by atoms with Crippen LogP contribution in [0.4, 0.5) is 11.7 Å². The molecule has 0 unspecified atom stereocenters. The molecule has 0 spiro atoms. The van der Waals surface area contributed by atoms with Gasteiger partial charge in [-0.1, -0.05) is 31.9 Å². The molecule has 0 amide bonds. The van der Waals surface area contributed by atoms with Crippen molar-refractivity contribution in [2.75, 3.05) is 5.32 Å². The van der Waals surface area contributed by atoms with Crippen molar-refractivity contribution in [3.8, 4) is 11.1 Å². The number of rotatable bonds is 3. The quantitative estimate of drug-likeness (QED) is 0.536. The largest absolute Gasteiger partial charge is 0.407 e. The van der Waals surface area contributed by atoms with Crippen LogP contribution in [0.2, 0.25) is 0 Å². The van der Waals surface area contributed by atoms with Crippen molar-refractivity contribution in [2.24, 2.45) is 7.05 Å². The average molecular weight is 403 g/mol. The number of anilines is 2. The second kappa shape index (κ2) is 7.09. The smallest absolute Gasteiger partial charge is 0.320 e. The molecule has 4 rings (SSSR count). The summed E-state index contributed by atoms with van der Waals surface area (Å²) in [4.78, 5) is 17.5. The number of aromatic nitrogens is 4. The van der Waals surface area contributed by atoms with Crippen LogP contribution in [0.1, 0.15) is 37.9 Å². The molecule has 0 aliphatic carbocycles. The Morgan fingerprint density at radius 3 is 2.50 bits per heavy atom. The van der Waals surface area contributed by atoms with Crippen LogP contribution < -0.4 is 10.9 Å². The highest BCUT2D eigenvalue weighted by molar-refractivity contribution is 5.85. The minimum atomic E-state index is -0.227. The number of hydrogen-bond donors (Lipinski definition) is 1. The fraction of sp³-hybridized carbons (Fsp3) is 0.304. The molecule has 0 bridgehead atoms. The van der Waals surface area contributed by atoms with E-state index in [0.29, 0.717) is 17.5 Å². The topological polar surface area (TPSA) is 85.8 Å². The minimum absolute atomic E-state index is 0.0545. The minimum Gasteiger partial charge on any atom is -0.407 e. The van der Waals surface area contributed by atoms with E-state index in [1.807, 2.05) is 65.0 Å². The van der Waals surface area contributed by atoms with Gasteiger partial charge in [0.25, 0.3) is 5.56 Å². The van der Waals surface area contributed by atoms with E-state index < -0.39 is 0 Å². The van der Waals surface area contributed by atoms with Crippen LogP contribution in [-0.4, -0.2) is 19.7 Å². The third-order valence-corrected chi connectivity index (χ3v) is 5.09. The summed E-state index contributed by atoms with van der Waals surface area (Å²) in [5.41, 5.74) is 4.69. The number of benzene rings is 1. The lowest BCUT2D eigenvalue weighted by Crippen LogP contribution is -2.19. The van der Waals surface area contributed by atoms with E-state index in [0.717, 1.165) is 33.4 Å². The molecule has 0 saturated carbocycles. The van der Waals surface area contributed by atoms with Gasteiger partial charge in [-0.3, -0.25) is 9.78 Å². The molecule has 0 fully saturated rings. The zero-order valence-corrected chi connectivity index (χ0v) is 18.1. The number of fused-ring (bicyclic) bond motifs is 1. The van der Waals surface area contributed by atoms with Crippen molar-refractivity contribution >= 4 is 22.6 Å². The summed E-state index contributed by atoms with van der Waals surface area (Å²) < 4.78 is 7.41. The Kier molecular flexibility index (Phi) is 4.68. The Bertz CT molecular complexity index is 1310. The van der Waals surface area contributed by atoms with Gasteiger partial charge >= 0.3 is 6.01 Å². The van der Waals surface area contributed by atoms with Gasteiger partial charge in [0.05, 0.1) is 5.52 Å². The third kappa shape index (κ3) is 3.58. The first-order valence-electron chi connectivity index (χ1n) is 9.82. The second-order valence-corrected chi connectivity index (χ2v) is 8.62. The summed E-state index contributed by atoms with van der Waals surface area (Å²) in [6.07, 6.45) is 1.80. The van der Waals surface area contributed by atoms with Crippen LogP contribution in [0, 0.1) is 13.8 Å². The summed E-state index contributed by atoms with van der Waals surface area (Å²) >= 11 is 0. The molecule has 7 nitrogen and oxygen atoms in total. The van der Waals surface area contributed by atoms with E-state index in [9.17, 15) is 4.79 Å². The number of hydrogen-bond acceptors (Lipinski definition) is 6. The zero-order valence-electron chi connectivity index (χ0n) is 18.1. The first-order chi connectivity index (χ1) is 14.1. The molecule has 0 atom stereocenters. The zero-order chi connectivity index (χ0) is 21.6. The van der Waals surface area contributed by atoms with Gasteiger partial charge in [0, 0.05) is 41.0 Å². The predicted octanol–water partition coefficient (Wildman–Crippen LogP) is 4.64. The first kappa shape index (κ1) is 19.8. The van der Waals surface area contributed by atoms with E-state index in [1.54, 1.807) is 17.8 Å². The van der Waals surface area contributed by atoms with Crippen molar-refractivity contribution in [1.82, 2.24) is 19.7 Å². The van der Waals surface area contributed by atoms with Gasteiger partial charge in [0.2, 0.25) is 5.89 Å². The summed E-state index contributed by atoms with van der Waals surface area (Å²) in [7, 11) is 1.79. The van der Waals surface area contributed by atoms with Crippen LogP contribution >= 0.6 is 0 Å². The van der Waals surface area contributed by atoms with Crippen LogP contribution in [0.15, 0.2) is 45.7 Å². The Morgan fingerprint density at radius 2 is 1.80 bits per heavy atom. The standard InChI is InChI=1S/C23H25N5O2/c1-13-7-8-16(25-22-27-26-21(30-22)23(3,4)5)11-17(13)18-10-15-12-24-14(2)9-19(15)28(6)20(18)29/h7-12H,1-6H3,(H,25,27). The summed E-state index contributed by atoms with van der Waals surface area (Å²) in [5, 5.41) is 12.3. The predicted molar refractivity (Wildman–Crippen MR) is 118 cm³/mol. The van der Waals surface area contributed by atoms with Gasteiger partial charge in [0.1, 0.15) is 0 Å². The lowest BCUT2D eigenvalue weighted by molar-refractivity contribution is 0.400. The monoisotopic (exact) mass is 403 g/mol. The van der Waals surface area contributed by atoms with Crippen LogP contribution in [0.5, 0.6) is 0 Å². The molecule has 1 aromatic carbocycles. The van der Waals surface area contributed by atoms with Gasteiger partial charge in [-0.15, -0.1) is 5.10 Å². The maximum Gasteiger partial charge on any atom is 0.320 e. The van der Waals surface area contributed by atoms with Crippen LogP contribution in [0.3, 0.4) is 0 Å². The molecule has 3 heterocycles. The average Bonchev–Trinajstić information content (AvgIpc) is 3.16. The van der Waals surface area contributed by atoms with Crippen molar-refractivity contribution in [3.63, 3.8) is 0 Å². The van der Waals surface area contributed by atoms with Crippen molar-refractivity contribution < 1.29 is 4.42 Å². The van der Waals surface area contributed by atoms with E-state index in [1.165, 1.54) is 0 Å². The highest BCUT2D eigenvalue weighted by atomic mass is 16.4. The molecule has 30 heavy (non-hydrogen) atoms. The molecule has 0 aliphatic heterocycles. The Morgan fingerprint density at radius 1 is 1.03 bits per heavy atom. The highest BCUT2D eigenvalue weighted by Crippen LogP contribution is 2.29. The van der Waals surface area contributed by atoms with E-state index in [-0.39, 0.29) is 11.0 Å². The lowest BCUT2D eigenvalue weighted by atomic mass is 9.97. The Labute approximate surface area is 174 Å². The molecular weight excluding hydrogens is 378 g/mol. The number of aryl methyl sites for hydroxylation is 3. The fourth-order valence-corrected chi connectivity index (χ4v) is 3.35. The van der Waals surface area contributed by atoms with Crippen molar-refractivity contribution in [3.05, 3.63) is 64.0 Å². The molecule has 0 radical (unpaired) electrons. The third-order valence-electron chi connectivity index (χ3n) is 5.09. The molecule has 0 saturated heterocycles. The van der Waals surface area contributed by atoms with Gasteiger partial charge < -0.3 is 14.3 Å². The van der Waals surface area contributed by atoms with E-state index in [2.05, 4.69) is 20.5 Å². The number of nitrogens with zero attached hydrogens (tertiary/aromatic N) is 4. The normalized spacial score (nSPS) is 11.8. The number of pyridine rings is 2. The van der Waals surface area contributed by atoms with Crippen molar-refractivity contribution in [1.29, 1.82) is 0 Å². The van der Waals surface area contributed by atoms with Gasteiger partial charge in [-0.05, 0) is 49.2 Å². The lowest BCUT2D eigenvalue weighted by Gasteiger charge is -2.13. The molecule has 3 aromatic heterocycles. The SMILES string of the molecule is Cc1cc2c(cn1)cc(-c1cc(Nc3nnc(C(C)(C)C)o3)ccc1C)c(=O)n2C. The molecule has 0 aliphatic rings. The molecule has 7 heteroatoms. The fourth-order valence-electron chi connectivity index (χ4n) is 3.35. The van der Waals surface area contributed by atoms with Crippen LogP contribution in [-0.2, 0) is 12.5 Å². The van der Waals surface area contributed by atoms with Gasteiger partial charge in [-0.25, -0.2) is 0 Å². The van der Waals surface area contributed by atoms with Gasteiger partial charge in [-0.2, -0.15) is 0 Å². The Hall–Kier alpha value is -3.48. The Balaban J connectivity index is 1.77. The van der Waals surface area contributed by atoms with E-state index >= 15 is 0 Å². The second-order valence-electron chi connectivity index (χ2n) is 8.62. The summed E-state index contributed by atoms with van der Waals surface area (Å²) in [6, 6.07) is 9.97. The maximum absolute atomic E-state index is 13.1. The van der Waals surface area contributed by atoms with Crippen LogP contribution in [0.25, 0.3) is 22.0 Å². The summed E-state index contributed by atoms with van der Waals surface area (Å²) in [5.74, 6) is 0.559.